The number of hydrogen-bond donors (Lipinski definition) is 0. The van der Waals surface area contributed by atoms with Gasteiger partial charge in [-0.05, 0) is 42.5 Å². The summed E-state index contributed by atoms with van der Waals surface area (Å²) in [7, 11) is 1.59. The highest BCUT2D eigenvalue weighted by Gasteiger charge is 2.25. The minimum atomic E-state index is -0.474. The molecule has 5 rings (SSSR count). The highest BCUT2D eigenvalue weighted by Crippen LogP contribution is 2.43. The van der Waals surface area contributed by atoms with E-state index in [1.54, 1.807) is 36.3 Å². The number of halogens is 3. The van der Waals surface area contributed by atoms with Crippen LogP contribution in [0.25, 0.3) is 33.2 Å². The maximum absolute atomic E-state index is 14.9. The van der Waals surface area contributed by atoms with Crippen molar-refractivity contribution in [2.45, 2.75) is 0 Å². The highest BCUT2D eigenvalue weighted by atomic mass is 35.5. The lowest BCUT2D eigenvalue weighted by Crippen LogP contribution is -2.48. The standard InChI is InChI=1S/C28H23Cl2FN4O2/c1-3-25(36)34-11-13-35(14-12-34)28-19-16-22(30)20(26-21(29)8-6-9-23(26)31)15-18(19)27(32-33-28)17-7-4-5-10-24(17)37-2/h3-10,15-16H,1,11-14H2,2H3. The van der Waals surface area contributed by atoms with Gasteiger partial charge in [-0.1, -0.05) is 48.0 Å². The Balaban J connectivity index is 1.71. The van der Waals surface area contributed by atoms with E-state index in [0.29, 0.717) is 54.0 Å². The summed E-state index contributed by atoms with van der Waals surface area (Å²) in [4.78, 5) is 15.9. The van der Waals surface area contributed by atoms with E-state index in [-0.39, 0.29) is 16.5 Å². The van der Waals surface area contributed by atoms with Crippen LogP contribution < -0.4 is 9.64 Å². The predicted molar refractivity (Wildman–Crippen MR) is 146 cm³/mol. The molecule has 6 nitrogen and oxygen atoms in total. The molecule has 0 radical (unpaired) electrons. The first-order valence-electron chi connectivity index (χ1n) is 11.7. The fourth-order valence-electron chi connectivity index (χ4n) is 4.65. The second-order valence-corrected chi connectivity index (χ2v) is 9.38. The third kappa shape index (κ3) is 4.61. The number of fused-ring (bicyclic) bond motifs is 1. The molecule has 0 spiro atoms. The average Bonchev–Trinajstić information content (AvgIpc) is 2.92. The molecule has 0 bridgehead atoms. The third-order valence-electron chi connectivity index (χ3n) is 6.51. The molecule has 188 valence electrons. The lowest BCUT2D eigenvalue weighted by molar-refractivity contribution is -0.126. The maximum Gasteiger partial charge on any atom is 0.246 e. The number of carbonyl (C=O) groups excluding carboxylic acids is 1. The summed E-state index contributed by atoms with van der Waals surface area (Å²) < 4.78 is 20.5. The van der Waals surface area contributed by atoms with Crippen LogP contribution in [0.15, 0.2) is 67.3 Å². The van der Waals surface area contributed by atoms with E-state index >= 15 is 0 Å². The minimum absolute atomic E-state index is 0.100. The van der Waals surface area contributed by atoms with Crippen LogP contribution in [0.3, 0.4) is 0 Å². The molecule has 0 atom stereocenters. The van der Waals surface area contributed by atoms with E-state index in [1.165, 1.54) is 12.1 Å². The molecule has 2 heterocycles. The van der Waals surface area contributed by atoms with E-state index in [9.17, 15) is 9.18 Å². The predicted octanol–water partition coefficient (Wildman–Crippen LogP) is 6.25. The number of anilines is 1. The van der Waals surface area contributed by atoms with Gasteiger partial charge in [0.25, 0.3) is 0 Å². The van der Waals surface area contributed by atoms with Gasteiger partial charge < -0.3 is 14.5 Å². The van der Waals surface area contributed by atoms with Gasteiger partial charge in [-0.3, -0.25) is 4.79 Å². The first-order chi connectivity index (χ1) is 17.9. The van der Waals surface area contributed by atoms with Crippen molar-refractivity contribution in [3.63, 3.8) is 0 Å². The summed E-state index contributed by atoms with van der Waals surface area (Å²) in [5.41, 5.74) is 1.98. The number of rotatable bonds is 5. The number of methoxy groups -OCH3 is 1. The van der Waals surface area contributed by atoms with Gasteiger partial charge in [0.1, 0.15) is 17.3 Å². The van der Waals surface area contributed by atoms with Crippen molar-refractivity contribution in [1.82, 2.24) is 15.1 Å². The molecule has 0 saturated carbocycles. The zero-order valence-electron chi connectivity index (χ0n) is 20.0. The number of hydrogen-bond acceptors (Lipinski definition) is 5. The van der Waals surface area contributed by atoms with Crippen LogP contribution in [0.1, 0.15) is 0 Å². The van der Waals surface area contributed by atoms with Crippen molar-refractivity contribution < 1.29 is 13.9 Å². The van der Waals surface area contributed by atoms with E-state index in [1.807, 2.05) is 24.3 Å². The number of carbonyl (C=O) groups is 1. The Bertz CT molecular complexity index is 1500. The van der Waals surface area contributed by atoms with Crippen LogP contribution in [0, 0.1) is 5.82 Å². The van der Waals surface area contributed by atoms with Gasteiger partial charge in [0.2, 0.25) is 5.91 Å². The van der Waals surface area contributed by atoms with Gasteiger partial charge >= 0.3 is 0 Å². The Labute approximate surface area is 223 Å². The van der Waals surface area contributed by atoms with Crippen LogP contribution >= 0.6 is 23.2 Å². The maximum atomic E-state index is 14.9. The van der Waals surface area contributed by atoms with E-state index in [4.69, 9.17) is 27.9 Å². The second kappa shape index (κ2) is 10.4. The molecule has 3 aromatic carbocycles. The SMILES string of the molecule is C=CC(=O)N1CCN(c2nnc(-c3ccccc3OC)c3cc(-c4c(F)cccc4Cl)c(Cl)cc23)CC1. The zero-order chi connectivity index (χ0) is 26.1. The van der Waals surface area contributed by atoms with E-state index < -0.39 is 5.82 Å². The summed E-state index contributed by atoms with van der Waals surface area (Å²) in [6.07, 6.45) is 1.32. The van der Waals surface area contributed by atoms with Crippen LogP contribution in [0.5, 0.6) is 5.75 Å². The normalized spacial score (nSPS) is 13.6. The van der Waals surface area contributed by atoms with E-state index in [2.05, 4.69) is 21.7 Å². The first-order valence-corrected chi connectivity index (χ1v) is 12.4. The fraction of sp³-hybridized carbons (Fsp3) is 0.179. The lowest BCUT2D eigenvalue weighted by atomic mass is 9.97. The van der Waals surface area contributed by atoms with Gasteiger partial charge in [-0.25, -0.2) is 4.39 Å². The second-order valence-electron chi connectivity index (χ2n) is 8.56. The largest absolute Gasteiger partial charge is 0.496 e. The first kappa shape index (κ1) is 25.0. The van der Waals surface area contributed by atoms with Crippen LogP contribution in [0.4, 0.5) is 10.2 Å². The Morgan fingerprint density at radius 3 is 2.43 bits per heavy atom. The molecular formula is C28H23Cl2FN4O2. The topological polar surface area (TPSA) is 58.6 Å². The lowest BCUT2D eigenvalue weighted by Gasteiger charge is -2.35. The molecule has 1 aliphatic heterocycles. The average molecular weight is 537 g/mol. The molecule has 1 saturated heterocycles. The molecule has 0 unspecified atom stereocenters. The Hall–Kier alpha value is -3.68. The Kier molecular flexibility index (Phi) is 7.00. The number of ether oxygens (including phenoxy) is 1. The van der Waals surface area contributed by atoms with E-state index in [0.717, 1.165) is 16.3 Å². The molecule has 1 amide bonds. The van der Waals surface area contributed by atoms with Crippen molar-refractivity contribution >= 4 is 45.7 Å². The van der Waals surface area contributed by atoms with Crippen molar-refractivity contribution in [3.05, 3.63) is 83.1 Å². The zero-order valence-corrected chi connectivity index (χ0v) is 21.6. The third-order valence-corrected chi connectivity index (χ3v) is 7.14. The number of benzene rings is 3. The van der Waals surface area contributed by atoms with Gasteiger partial charge in [0.05, 0.1) is 12.1 Å². The number of aromatic nitrogens is 2. The fourth-order valence-corrected chi connectivity index (χ4v) is 5.17. The van der Waals surface area contributed by atoms with Crippen LogP contribution in [0.2, 0.25) is 10.0 Å². The molecule has 4 aromatic rings. The quantitative estimate of drug-likeness (QED) is 0.282. The van der Waals surface area contributed by atoms with Crippen molar-refractivity contribution in [2.75, 3.05) is 38.2 Å². The highest BCUT2D eigenvalue weighted by molar-refractivity contribution is 6.37. The van der Waals surface area contributed by atoms with Crippen molar-refractivity contribution in [2.24, 2.45) is 0 Å². The molecular weight excluding hydrogens is 514 g/mol. The van der Waals surface area contributed by atoms with Crippen LogP contribution in [-0.2, 0) is 4.79 Å². The number of para-hydroxylation sites is 1. The van der Waals surface area contributed by atoms with Gasteiger partial charge in [0, 0.05) is 58.7 Å². The molecule has 9 heteroatoms. The summed E-state index contributed by atoms with van der Waals surface area (Å²) >= 11 is 13.2. The molecule has 1 aromatic heterocycles. The number of amides is 1. The molecule has 0 aliphatic carbocycles. The van der Waals surface area contributed by atoms with Gasteiger partial charge in [-0.15, -0.1) is 10.2 Å². The number of nitrogens with zero attached hydrogens (tertiary/aromatic N) is 4. The molecule has 1 fully saturated rings. The number of piperazine rings is 1. The summed E-state index contributed by atoms with van der Waals surface area (Å²) in [5.74, 6) is 0.685. The summed E-state index contributed by atoms with van der Waals surface area (Å²) in [5, 5.41) is 11.3. The van der Waals surface area contributed by atoms with Crippen molar-refractivity contribution in [3.8, 4) is 28.1 Å². The Morgan fingerprint density at radius 1 is 0.973 bits per heavy atom. The molecule has 37 heavy (non-hydrogen) atoms. The monoisotopic (exact) mass is 536 g/mol. The van der Waals surface area contributed by atoms with Gasteiger partial charge in [-0.2, -0.15) is 0 Å². The van der Waals surface area contributed by atoms with Gasteiger partial charge in [0.15, 0.2) is 5.82 Å². The minimum Gasteiger partial charge on any atom is -0.496 e. The Morgan fingerprint density at radius 2 is 1.73 bits per heavy atom. The summed E-state index contributed by atoms with van der Waals surface area (Å²) in [6, 6.07) is 15.6. The van der Waals surface area contributed by atoms with Crippen LogP contribution in [-0.4, -0.2) is 54.3 Å². The smallest absolute Gasteiger partial charge is 0.246 e. The summed E-state index contributed by atoms with van der Waals surface area (Å²) in [6.45, 7) is 5.76. The van der Waals surface area contributed by atoms with Crippen molar-refractivity contribution in [1.29, 1.82) is 0 Å². The molecule has 1 aliphatic rings. The molecule has 0 N–H and O–H groups in total.